The van der Waals surface area contributed by atoms with Crippen LogP contribution >= 0.6 is 0 Å². The van der Waals surface area contributed by atoms with Crippen molar-refractivity contribution in [2.45, 2.75) is 385 Å². The van der Waals surface area contributed by atoms with Gasteiger partial charge in [0.15, 0.2) is 0 Å². The molecular formula is C66H123N3O6. The van der Waals surface area contributed by atoms with E-state index in [1.165, 1.54) is 303 Å². The molecule has 9 heteroatoms. The summed E-state index contributed by atoms with van der Waals surface area (Å²) < 4.78 is 20.2. The van der Waals surface area contributed by atoms with Crippen molar-refractivity contribution in [2.75, 3.05) is 19.8 Å². The molecule has 0 N–H and O–H groups in total. The van der Waals surface area contributed by atoms with Gasteiger partial charge in [-0.3, -0.25) is 0 Å². The number of epoxide rings is 3. The lowest BCUT2D eigenvalue weighted by molar-refractivity contribution is 0.387. The Morgan fingerprint density at radius 1 is 0.213 bits per heavy atom. The van der Waals surface area contributed by atoms with Crippen LogP contribution in [0.1, 0.15) is 347 Å². The van der Waals surface area contributed by atoms with E-state index < -0.39 is 0 Å². The van der Waals surface area contributed by atoms with Crippen molar-refractivity contribution in [2.24, 2.45) is 0 Å². The first kappa shape index (κ1) is 65.8. The number of aromatic nitrogens is 3. The minimum absolute atomic E-state index is 0.382. The molecule has 9 nitrogen and oxygen atoms in total. The van der Waals surface area contributed by atoms with E-state index in [1.54, 1.807) is 0 Å². The van der Waals surface area contributed by atoms with Gasteiger partial charge in [0.05, 0.1) is 38.1 Å². The summed E-state index contributed by atoms with van der Waals surface area (Å²) in [5.74, 6) is 0. The Balaban J connectivity index is 1.03. The maximum atomic E-state index is 13.8. The first-order valence-electron chi connectivity index (χ1n) is 33.9. The molecule has 4 heterocycles. The third-order valence-corrected chi connectivity index (χ3v) is 17.3. The first-order chi connectivity index (χ1) is 37.1. The third kappa shape index (κ3) is 37.7. The second kappa shape index (κ2) is 47.1. The Morgan fingerprint density at radius 2 is 0.333 bits per heavy atom. The lowest BCUT2D eigenvalue weighted by Crippen LogP contribution is -2.54. The Kier molecular flexibility index (Phi) is 41.4. The standard InChI is InChI=1S/C66H123N3O6/c70-64-67(55-49-43-37-31-25-19-13-7-1-4-10-16-22-28-34-40-46-52-61-58-73-61)65(71)69(57-51-45-39-33-27-21-15-9-3-6-12-18-24-30-36-42-48-54-63-60-75-63)66(72)68(64)56-50-44-38-32-26-20-14-8-2-5-11-17-23-29-35-41-47-53-62-59-74-62/h61-63H,1-60H2. The molecule has 0 aliphatic carbocycles. The Labute approximate surface area is 462 Å². The van der Waals surface area contributed by atoms with Crippen LogP contribution in [0.5, 0.6) is 0 Å². The molecule has 0 saturated carbocycles. The predicted molar refractivity (Wildman–Crippen MR) is 318 cm³/mol. The number of ether oxygens (including phenoxy) is 3. The lowest BCUT2D eigenvalue weighted by atomic mass is 10.0. The molecule has 3 aliphatic rings. The summed E-state index contributed by atoms with van der Waals surface area (Å²) in [5, 5.41) is 0. The van der Waals surface area contributed by atoms with Gasteiger partial charge in [-0.25, -0.2) is 28.1 Å². The molecule has 3 unspecified atom stereocenters. The smallest absolute Gasteiger partial charge is 0.336 e. The van der Waals surface area contributed by atoms with E-state index in [9.17, 15) is 14.4 Å². The number of rotatable bonds is 60. The van der Waals surface area contributed by atoms with Gasteiger partial charge in [0.25, 0.3) is 0 Å². The largest absolute Gasteiger partial charge is 0.373 e. The van der Waals surface area contributed by atoms with Crippen LogP contribution in [-0.2, 0) is 33.8 Å². The van der Waals surface area contributed by atoms with Crippen molar-refractivity contribution in [3.8, 4) is 0 Å². The molecule has 0 amide bonds. The average molecular weight is 1050 g/mol. The van der Waals surface area contributed by atoms with E-state index in [-0.39, 0.29) is 17.1 Å². The third-order valence-electron chi connectivity index (χ3n) is 17.3. The van der Waals surface area contributed by atoms with Crippen molar-refractivity contribution in [3.63, 3.8) is 0 Å². The average Bonchev–Trinajstić information content (AvgIpc) is 4.26. The fourth-order valence-corrected chi connectivity index (χ4v) is 11.8. The van der Waals surface area contributed by atoms with Crippen LogP contribution < -0.4 is 17.1 Å². The molecule has 3 atom stereocenters. The maximum Gasteiger partial charge on any atom is 0.336 e. The van der Waals surface area contributed by atoms with Crippen molar-refractivity contribution < 1.29 is 14.2 Å². The van der Waals surface area contributed by atoms with Crippen LogP contribution in [0.3, 0.4) is 0 Å². The van der Waals surface area contributed by atoms with Gasteiger partial charge in [0.1, 0.15) is 0 Å². The normalized spacial score (nSPS) is 16.9. The number of hydrogen-bond donors (Lipinski definition) is 0. The van der Waals surface area contributed by atoms with Gasteiger partial charge in [-0.1, -0.05) is 308 Å². The van der Waals surface area contributed by atoms with Crippen LogP contribution in [0.15, 0.2) is 14.4 Å². The van der Waals surface area contributed by atoms with Crippen LogP contribution in [0.25, 0.3) is 0 Å². The lowest BCUT2D eigenvalue weighted by Gasteiger charge is -2.14. The molecule has 4 rings (SSSR count). The van der Waals surface area contributed by atoms with Gasteiger partial charge < -0.3 is 14.2 Å². The topological polar surface area (TPSA) is 104 Å². The molecule has 3 fully saturated rings. The van der Waals surface area contributed by atoms with Gasteiger partial charge in [-0.05, 0) is 38.5 Å². The van der Waals surface area contributed by atoms with Crippen LogP contribution in [0.4, 0.5) is 0 Å². The first-order valence-corrected chi connectivity index (χ1v) is 33.9. The maximum absolute atomic E-state index is 13.8. The van der Waals surface area contributed by atoms with Crippen LogP contribution in [0, 0.1) is 0 Å². The van der Waals surface area contributed by atoms with E-state index in [0.29, 0.717) is 37.9 Å². The van der Waals surface area contributed by atoms with E-state index >= 15 is 0 Å². The van der Waals surface area contributed by atoms with Crippen molar-refractivity contribution in [1.29, 1.82) is 0 Å². The number of hydrogen-bond acceptors (Lipinski definition) is 6. The highest BCUT2D eigenvalue weighted by Crippen LogP contribution is 2.22. The Bertz CT molecular complexity index is 1390. The van der Waals surface area contributed by atoms with Gasteiger partial charge >= 0.3 is 17.1 Å². The fourth-order valence-electron chi connectivity index (χ4n) is 11.8. The highest BCUT2D eigenvalue weighted by molar-refractivity contribution is 4.80. The van der Waals surface area contributed by atoms with E-state index in [1.807, 2.05) is 0 Å². The Hall–Kier alpha value is -1.71. The molecule has 0 spiro atoms. The Morgan fingerprint density at radius 3 is 0.467 bits per heavy atom. The van der Waals surface area contributed by atoms with Crippen molar-refractivity contribution in [1.82, 2.24) is 13.7 Å². The monoisotopic (exact) mass is 1050 g/mol. The van der Waals surface area contributed by atoms with Crippen LogP contribution in [0.2, 0.25) is 0 Å². The SMILES string of the molecule is O=c1n(CCCCCCCCCCCCCCCCCCCC2CO2)c(=O)n(CCCCCCCCCCCCCCCCCCCC2CO2)c(=O)n1CCCCCCCCCCCCCCCCCCCC1CO1. The zero-order valence-corrected chi connectivity index (χ0v) is 49.4. The van der Waals surface area contributed by atoms with Gasteiger partial charge in [0.2, 0.25) is 0 Å². The molecule has 0 radical (unpaired) electrons. The predicted octanol–water partition coefficient (Wildman–Crippen LogP) is 18.4. The van der Waals surface area contributed by atoms with Crippen molar-refractivity contribution in [3.05, 3.63) is 31.5 Å². The van der Waals surface area contributed by atoms with E-state index in [2.05, 4.69) is 0 Å². The summed E-state index contributed by atoms with van der Waals surface area (Å²) in [6.07, 6.45) is 71.8. The summed E-state index contributed by atoms with van der Waals surface area (Å²) in [7, 11) is 0. The van der Waals surface area contributed by atoms with Crippen molar-refractivity contribution >= 4 is 0 Å². The molecule has 0 bridgehead atoms. The summed E-state index contributed by atoms with van der Waals surface area (Å²) >= 11 is 0. The van der Waals surface area contributed by atoms with E-state index in [0.717, 1.165) is 77.6 Å². The molecule has 0 aromatic carbocycles. The van der Waals surface area contributed by atoms with Gasteiger partial charge in [0, 0.05) is 19.6 Å². The second-order valence-corrected chi connectivity index (χ2v) is 24.6. The van der Waals surface area contributed by atoms with Gasteiger partial charge in [-0.2, -0.15) is 0 Å². The fraction of sp³-hybridized carbons (Fsp3) is 0.955. The number of nitrogens with zero attached hydrogens (tertiary/aromatic N) is 3. The summed E-state index contributed by atoms with van der Waals surface area (Å²) in [6, 6.07) is 0. The second-order valence-electron chi connectivity index (χ2n) is 24.6. The zero-order chi connectivity index (χ0) is 52.7. The highest BCUT2D eigenvalue weighted by atomic mass is 16.6. The quantitative estimate of drug-likeness (QED) is 0.0475. The summed E-state index contributed by atoms with van der Waals surface area (Å²) in [6.45, 7) is 4.28. The van der Waals surface area contributed by atoms with Crippen LogP contribution in [-0.4, -0.2) is 51.8 Å². The minimum Gasteiger partial charge on any atom is -0.373 e. The molecule has 3 saturated heterocycles. The van der Waals surface area contributed by atoms with E-state index in [4.69, 9.17) is 14.2 Å². The molecular weight excluding hydrogens is 931 g/mol. The van der Waals surface area contributed by atoms with Gasteiger partial charge in [-0.15, -0.1) is 0 Å². The molecule has 1 aromatic rings. The number of unbranched alkanes of at least 4 members (excludes halogenated alkanes) is 48. The molecule has 3 aliphatic heterocycles. The molecule has 1 aromatic heterocycles. The zero-order valence-electron chi connectivity index (χ0n) is 49.4. The summed E-state index contributed by atoms with van der Waals surface area (Å²) in [4.78, 5) is 41.4. The minimum atomic E-state index is -0.382. The highest BCUT2D eigenvalue weighted by Gasteiger charge is 2.22. The molecule has 75 heavy (non-hydrogen) atoms. The summed E-state index contributed by atoms with van der Waals surface area (Å²) in [5.41, 5.74) is -1.15. The molecule has 438 valence electrons.